The Hall–Kier alpha value is -2.66. The highest BCUT2D eigenvalue weighted by Crippen LogP contribution is 2.20. The maximum atomic E-state index is 12.5. The molecule has 5 heteroatoms. The van der Waals surface area contributed by atoms with Crippen LogP contribution >= 0.6 is 0 Å². The smallest absolute Gasteiger partial charge is 0.306 e. The molecule has 1 saturated heterocycles. The molecule has 5 nitrogen and oxygen atoms in total. The van der Waals surface area contributed by atoms with Gasteiger partial charge in [0.15, 0.2) is 0 Å². The van der Waals surface area contributed by atoms with E-state index in [0.29, 0.717) is 19.5 Å². The Morgan fingerprint density at radius 1 is 1.00 bits per heavy atom. The molecule has 0 aliphatic carbocycles. The lowest BCUT2D eigenvalue weighted by molar-refractivity contribution is -0.141. The van der Waals surface area contributed by atoms with E-state index in [1.807, 2.05) is 18.2 Å². The summed E-state index contributed by atoms with van der Waals surface area (Å²) >= 11 is 0. The number of amides is 1. The number of likely N-dealkylation sites (tertiary alicyclic amines) is 1. The van der Waals surface area contributed by atoms with Crippen molar-refractivity contribution in [2.75, 3.05) is 26.7 Å². The van der Waals surface area contributed by atoms with E-state index in [0.717, 1.165) is 31.5 Å². The second kappa shape index (κ2) is 10.0. The second-order valence-corrected chi connectivity index (χ2v) is 7.22. The van der Waals surface area contributed by atoms with Crippen LogP contribution in [0.15, 0.2) is 54.6 Å². The molecule has 1 N–H and O–H groups in total. The molecule has 1 aliphatic rings. The summed E-state index contributed by atoms with van der Waals surface area (Å²) in [6.07, 6.45) is 2.08. The number of carbonyl (C=O) groups excluding carboxylic acids is 2. The zero-order valence-electron chi connectivity index (χ0n) is 16.4. The number of piperidine rings is 1. The number of carbonyl (C=O) groups is 2. The third-order valence-corrected chi connectivity index (χ3v) is 5.35. The first kappa shape index (κ1) is 20.1. The van der Waals surface area contributed by atoms with Crippen molar-refractivity contribution in [3.8, 4) is 11.1 Å². The van der Waals surface area contributed by atoms with E-state index in [4.69, 9.17) is 0 Å². The van der Waals surface area contributed by atoms with Gasteiger partial charge in [0.1, 0.15) is 0 Å². The summed E-state index contributed by atoms with van der Waals surface area (Å²) in [6.45, 7) is 2.95. The molecule has 1 heterocycles. The van der Waals surface area contributed by atoms with Crippen LogP contribution in [0.2, 0.25) is 0 Å². The van der Waals surface area contributed by atoms with Crippen LogP contribution in [0.4, 0.5) is 0 Å². The molecule has 0 bridgehead atoms. The Labute approximate surface area is 166 Å². The minimum Gasteiger partial charge on any atom is -0.469 e. The van der Waals surface area contributed by atoms with E-state index in [2.05, 4.69) is 51.4 Å². The van der Waals surface area contributed by atoms with E-state index < -0.39 is 0 Å². The van der Waals surface area contributed by atoms with Gasteiger partial charge in [0.2, 0.25) is 5.91 Å². The molecular formula is C23H28N2O3. The highest BCUT2D eigenvalue weighted by Gasteiger charge is 2.24. The number of benzene rings is 2. The monoisotopic (exact) mass is 380 g/mol. The lowest BCUT2D eigenvalue weighted by atomic mass is 9.95. The summed E-state index contributed by atoms with van der Waals surface area (Å²) in [7, 11) is 1.41. The van der Waals surface area contributed by atoms with Gasteiger partial charge in [-0.25, -0.2) is 0 Å². The average molecular weight is 380 g/mol. The fraction of sp³-hybridized carbons (Fsp3) is 0.391. The van der Waals surface area contributed by atoms with Gasteiger partial charge in [0.05, 0.1) is 13.5 Å². The summed E-state index contributed by atoms with van der Waals surface area (Å²) in [6, 6.07) is 18.6. The van der Waals surface area contributed by atoms with Gasteiger partial charge >= 0.3 is 5.97 Å². The molecule has 0 saturated carbocycles. The van der Waals surface area contributed by atoms with E-state index in [1.54, 1.807) is 0 Å². The molecule has 2 aromatic carbocycles. The number of hydrogen-bond donors (Lipinski definition) is 1. The fourth-order valence-electron chi connectivity index (χ4n) is 3.55. The van der Waals surface area contributed by atoms with Gasteiger partial charge in [-0.05, 0) is 42.6 Å². The summed E-state index contributed by atoms with van der Waals surface area (Å²) in [4.78, 5) is 25.9. The minimum atomic E-state index is -0.182. The van der Waals surface area contributed by atoms with Crippen molar-refractivity contribution in [1.82, 2.24) is 10.2 Å². The first-order valence-electron chi connectivity index (χ1n) is 9.87. The Morgan fingerprint density at radius 2 is 1.64 bits per heavy atom. The van der Waals surface area contributed by atoms with Crippen LogP contribution in [0.1, 0.15) is 24.8 Å². The molecule has 0 radical (unpaired) electrons. The highest BCUT2D eigenvalue weighted by atomic mass is 16.5. The summed E-state index contributed by atoms with van der Waals surface area (Å²) < 4.78 is 4.68. The van der Waals surface area contributed by atoms with Gasteiger partial charge < -0.3 is 15.0 Å². The molecule has 0 aromatic heterocycles. The number of esters is 1. The van der Waals surface area contributed by atoms with Gasteiger partial charge in [0.25, 0.3) is 0 Å². The number of nitrogens with zero attached hydrogens (tertiary/aromatic N) is 1. The molecule has 0 spiro atoms. The van der Waals surface area contributed by atoms with Gasteiger partial charge in [-0.15, -0.1) is 0 Å². The topological polar surface area (TPSA) is 58.6 Å². The molecule has 148 valence electrons. The molecule has 2 aromatic rings. The number of hydrogen-bond acceptors (Lipinski definition) is 4. The summed E-state index contributed by atoms with van der Waals surface area (Å²) in [5.41, 5.74) is 3.47. The van der Waals surface area contributed by atoms with E-state index in [1.165, 1.54) is 18.2 Å². The third kappa shape index (κ3) is 5.67. The molecule has 28 heavy (non-hydrogen) atoms. The molecule has 0 unspecified atom stereocenters. The van der Waals surface area contributed by atoms with Crippen molar-refractivity contribution in [2.45, 2.75) is 25.8 Å². The lowest BCUT2D eigenvalue weighted by Gasteiger charge is -2.30. The predicted molar refractivity (Wildman–Crippen MR) is 110 cm³/mol. The zero-order chi connectivity index (χ0) is 19.8. The predicted octanol–water partition coefficient (Wildman–Crippen LogP) is 3.24. The van der Waals surface area contributed by atoms with Crippen LogP contribution in [0.25, 0.3) is 11.1 Å². The molecule has 1 amide bonds. The Balaban J connectivity index is 1.42. The standard InChI is InChI=1S/C23H28N2O3/c1-28-22(26)13-16-25-14-11-21(12-15-25)23(27)24-17-18-7-9-20(10-8-18)19-5-3-2-4-6-19/h2-10,21H,11-17H2,1H3,(H,24,27). The number of nitrogens with one attached hydrogen (secondary N) is 1. The van der Waals surface area contributed by atoms with Gasteiger partial charge in [-0.3, -0.25) is 9.59 Å². The summed E-state index contributed by atoms with van der Waals surface area (Å²) in [5.74, 6) is -0.00382. The maximum Gasteiger partial charge on any atom is 0.306 e. The van der Waals surface area contributed by atoms with Gasteiger partial charge in [-0.1, -0.05) is 54.6 Å². The summed E-state index contributed by atoms with van der Waals surface area (Å²) in [5, 5.41) is 3.07. The SMILES string of the molecule is COC(=O)CCN1CCC(C(=O)NCc2ccc(-c3ccccc3)cc2)CC1. The van der Waals surface area contributed by atoms with Crippen LogP contribution in [-0.2, 0) is 20.9 Å². The number of ether oxygens (including phenoxy) is 1. The van der Waals surface area contributed by atoms with Crippen molar-refractivity contribution < 1.29 is 14.3 Å². The fourth-order valence-corrected chi connectivity index (χ4v) is 3.55. The Kier molecular flexibility index (Phi) is 7.20. The Morgan fingerprint density at radius 3 is 2.29 bits per heavy atom. The maximum absolute atomic E-state index is 12.5. The Bertz CT molecular complexity index is 766. The van der Waals surface area contributed by atoms with Gasteiger partial charge in [-0.2, -0.15) is 0 Å². The van der Waals surface area contributed by atoms with E-state index >= 15 is 0 Å². The van der Waals surface area contributed by atoms with Crippen LogP contribution < -0.4 is 5.32 Å². The molecule has 1 aliphatic heterocycles. The van der Waals surface area contributed by atoms with Crippen molar-refractivity contribution in [3.63, 3.8) is 0 Å². The number of rotatable bonds is 7. The van der Waals surface area contributed by atoms with Crippen molar-refractivity contribution in [3.05, 3.63) is 60.2 Å². The molecular weight excluding hydrogens is 352 g/mol. The third-order valence-electron chi connectivity index (χ3n) is 5.35. The van der Waals surface area contributed by atoms with Crippen LogP contribution in [0, 0.1) is 5.92 Å². The minimum absolute atomic E-state index is 0.0537. The van der Waals surface area contributed by atoms with Crippen LogP contribution in [-0.4, -0.2) is 43.5 Å². The van der Waals surface area contributed by atoms with Crippen LogP contribution in [0.3, 0.4) is 0 Å². The average Bonchev–Trinajstić information content (AvgIpc) is 2.77. The molecule has 0 atom stereocenters. The normalized spacial score (nSPS) is 15.2. The molecule has 3 rings (SSSR count). The van der Waals surface area contributed by atoms with Crippen molar-refractivity contribution >= 4 is 11.9 Å². The zero-order valence-corrected chi connectivity index (χ0v) is 16.4. The number of methoxy groups -OCH3 is 1. The largest absolute Gasteiger partial charge is 0.469 e. The lowest BCUT2D eigenvalue weighted by Crippen LogP contribution is -2.41. The van der Waals surface area contributed by atoms with Gasteiger partial charge in [0, 0.05) is 19.0 Å². The van der Waals surface area contributed by atoms with E-state index in [-0.39, 0.29) is 17.8 Å². The highest BCUT2D eigenvalue weighted by molar-refractivity contribution is 5.78. The molecule has 1 fully saturated rings. The van der Waals surface area contributed by atoms with Crippen LogP contribution in [0.5, 0.6) is 0 Å². The first-order chi connectivity index (χ1) is 13.7. The second-order valence-electron chi connectivity index (χ2n) is 7.22. The van der Waals surface area contributed by atoms with Crippen molar-refractivity contribution in [1.29, 1.82) is 0 Å². The van der Waals surface area contributed by atoms with Crippen molar-refractivity contribution in [2.24, 2.45) is 5.92 Å². The quantitative estimate of drug-likeness (QED) is 0.749. The van der Waals surface area contributed by atoms with E-state index in [9.17, 15) is 9.59 Å². The first-order valence-corrected chi connectivity index (χ1v) is 9.87.